The van der Waals surface area contributed by atoms with Crippen molar-refractivity contribution in [2.45, 2.75) is 57.5 Å². The number of hydrogen-bond donors (Lipinski definition) is 2. The fourth-order valence-corrected chi connectivity index (χ4v) is 4.99. The first-order valence-electron chi connectivity index (χ1n) is 14.1. The number of nitrogens with zero attached hydrogens (tertiary/aromatic N) is 2. The summed E-state index contributed by atoms with van der Waals surface area (Å²) < 4.78 is 19.9. The lowest BCUT2D eigenvalue weighted by Crippen LogP contribution is -2.35. The highest BCUT2D eigenvalue weighted by atomic mass is 19.1. The molecule has 7 nitrogen and oxygen atoms in total. The number of amides is 1. The Morgan fingerprint density at radius 2 is 2.00 bits per heavy atom. The molecule has 3 atom stereocenters. The van der Waals surface area contributed by atoms with Crippen LogP contribution in [0, 0.1) is 17.7 Å². The molecule has 0 bridgehead atoms. The molecule has 1 aromatic carbocycles. The van der Waals surface area contributed by atoms with E-state index in [-0.39, 0.29) is 36.5 Å². The van der Waals surface area contributed by atoms with Gasteiger partial charge in [0.1, 0.15) is 23.5 Å². The first-order valence-corrected chi connectivity index (χ1v) is 14.1. The molecule has 212 valence electrons. The smallest absolute Gasteiger partial charge is 0.230 e. The van der Waals surface area contributed by atoms with Crippen LogP contribution in [0.15, 0.2) is 82.4 Å². The number of benzene rings is 1. The van der Waals surface area contributed by atoms with Crippen LogP contribution in [0.4, 0.5) is 4.39 Å². The SMILES string of the molecule is O=C1CC=CC(OC2=NC(=NCC3=CC=CC=CCC3)C(C(=O)NCCCO)CCC2Cc2ccc(F)cc2)C1. The van der Waals surface area contributed by atoms with Crippen LogP contribution in [0.3, 0.4) is 0 Å². The average Bonchev–Trinajstić information content (AvgIpc) is 3.08. The molecule has 3 aliphatic rings. The predicted molar refractivity (Wildman–Crippen MR) is 155 cm³/mol. The topological polar surface area (TPSA) is 100 Å². The molecule has 1 heterocycles. The number of carbonyl (C=O) groups excluding carboxylic acids is 2. The zero-order valence-corrected chi connectivity index (χ0v) is 22.8. The van der Waals surface area contributed by atoms with Gasteiger partial charge in [-0.15, -0.1) is 0 Å². The van der Waals surface area contributed by atoms with Crippen molar-refractivity contribution >= 4 is 23.4 Å². The molecular formula is C32H38FN3O4. The second-order valence-electron chi connectivity index (χ2n) is 10.4. The van der Waals surface area contributed by atoms with E-state index in [1.54, 1.807) is 12.1 Å². The Morgan fingerprint density at radius 1 is 1.15 bits per heavy atom. The van der Waals surface area contributed by atoms with Crippen molar-refractivity contribution < 1.29 is 23.8 Å². The van der Waals surface area contributed by atoms with Gasteiger partial charge in [-0.3, -0.25) is 14.6 Å². The number of amidine groups is 1. The van der Waals surface area contributed by atoms with Crippen LogP contribution in [0.1, 0.15) is 50.5 Å². The van der Waals surface area contributed by atoms with Crippen molar-refractivity contribution in [3.63, 3.8) is 0 Å². The lowest BCUT2D eigenvalue weighted by molar-refractivity contribution is -0.123. The van der Waals surface area contributed by atoms with Crippen LogP contribution in [-0.2, 0) is 20.7 Å². The van der Waals surface area contributed by atoms with E-state index in [0.29, 0.717) is 56.9 Å². The number of ether oxygens (including phenoxy) is 1. The highest BCUT2D eigenvalue weighted by molar-refractivity contribution is 6.08. The summed E-state index contributed by atoms with van der Waals surface area (Å²) in [5.41, 5.74) is 2.07. The number of aliphatic hydroxyl groups is 1. The lowest BCUT2D eigenvalue weighted by Gasteiger charge is -2.23. The van der Waals surface area contributed by atoms with Gasteiger partial charge in [0.15, 0.2) is 5.90 Å². The normalized spacial score (nSPS) is 24.1. The number of Topliss-reactive ketones (excluding diaryl/α,β-unsaturated/α-hetero) is 1. The van der Waals surface area contributed by atoms with E-state index in [9.17, 15) is 19.1 Å². The van der Waals surface area contributed by atoms with Crippen LogP contribution in [-0.4, -0.2) is 54.3 Å². The van der Waals surface area contributed by atoms with Crippen LogP contribution in [0.25, 0.3) is 0 Å². The van der Waals surface area contributed by atoms with Gasteiger partial charge in [0.2, 0.25) is 5.91 Å². The largest absolute Gasteiger partial charge is 0.472 e. The van der Waals surface area contributed by atoms with Crippen molar-refractivity contribution in [3.8, 4) is 0 Å². The van der Waals surface area contributed by atoms with Gasteiger partial charge in [-0.2, -0.15) is 0 Å². The third-order valence-corrected chi connectivity index (χ3v) is 7.20. The first kappa shape index (κ1) is 29.3. The Labute approximate surface area is 235 Å². The number of aliphatic imine (C=N–C) groups is 2. The van der Waals surface area contributed by atoms with Gasteiger partial charge >= 0.3 is 0 Å². The summed E-state index contributed by atoms with van der Waals surface area (Å²) in [4.78, 5) is 35.2. The second kappa shape index (κ2) is 15.2. The Morgan fingerprint density at radius 3 is 2.80 bits per heavy atom. The Kier molecular flexibility index (Phi) is 11.2. The van der Waals surface area contributed by atoms with Crippen molar-refractivity contribution in [2.75, 3.05) is 19.7 Å². The van der Waals surface area contributed by atoms with Crippen LogP contribution in [0.5, 0.6) is 0 Å². The molecule has 40 heavy (non-hydrogen) atoms. The molecule has 1 aliphatic heterocycles. The Bertz CT molecular complexity index is 1210. The average molecular weight is 548 g/mol. The number of allylic oxidation sites excluding steroid dienone is 6. The summed E-state index contributed by atoms with van der Waals surface area (Å²) in [6.45, 7) is 0.767. The minimum absolute atomic E-state index is 0.00841. The Hall–Kier alpha value is -3.65. The minimum Gasteiger partial charge on any atom is -0.472 e. The first-order chi connectivity index (χ1) is 19.5. The summed E-state index contributed by atoms with van der Waals surface area (Å²) in [7, 11) is 0. The summed E-state index contributed by atoms with van der Waals surface area (Å²) in [6, 6.07) is 6.36. The third-order valence-electron chi connectivity index (χ3n) is 7.20. The number of aliphatic hydroxyl groups excluding tert-OH is 1. The van der Waals surface area contributed by atoms with Gasteiger partial charge in [0, 0.05) is 31.9 Å². The number of halogens is 1. The van der Waals surface area contributed by atoms with Crippen LogP contribution < -0.4 is 5.32 Å². The van der Waals surface area contributed by atoms with Crippen molar-refractivity contribution in [1.29, 1.82) is 0 Å². The molecule has 0 fully saturated rings. The zero-order chi connectivity index (χ0) is 28.2. The van der Waals surface area contributed by atoms with Gasteiger partial charge in [-0.1, -0.05) is 48.6 Å². The van der Waals surface area contributed by atoms with E-state index >= 15 is 0 Å². The number of rotatable bonds is 9. The third kappa shape index (κ3) is 8.95. The van der Waals surface area contributed by atoms with E-state index in [1.807, 2.05) is 30.4 Å². The Balaban J connectivity index is 1.66. The van der Waals surface area contributed by atoms with E-state index in [1.165, 1.54) is 12.1 Å². The molecule has 0 saturated carbocycles. The van der Waals surface area contributed by atoms with Gasteiger partial charge in [-0.25, -0.2) is 9.38 Å². The second-order valence-corrected chi connectivity index (χ2v) is 10.4. The van der Waals surface area contributed by atoms with E-state index in [4.69, 9.17) is 14.7 Å². The van der Waals surface area contributed by atoms with Crippen LogP contribution >= 0.6 is 0 Å². The summed E-state index contributed by atoms with van der Waals surface area (Å²) in [5.74, 6) is -0.276. The molecule has 1 amide bonds. The number of carbonyl (C=O) groups is 2. The fourth-order valence-electron chi connectivity index (χ4n) is 4.99. The number of ketones is 1. The summed E-state index contributed by atoms with van der Waals surface area (Å²) >= 11 is 0. The van der Waals surface area contributed by atoms with Gasteiger partial charge < -0.3 is 15.2 Å². The quantitative estimate of drug-likeness (QED) is 0.342. The molecule has 2 N–H and O–H groups in total. The monoisotopic (exact) mass is 547 g/mol. The van der Waals surface area contributed by atoms with Gasteiger partial charge in [0.05, 0.1) is 12.5 Å². The standard InChI is InChI=1S/C32H38FN3O4/c33-26-15-12-23(13-16-26)20-25-14-17-29(31(39)34-18-7-19-37)30(35-22-24-8-4-2-1-3-5-9-24)36-32(25)40-28-11-6-10-27(38)21-28/h1-4,6,8,11-13,15-16,25,28-29,37H,5,7,9-10,14,17-22H2,(H,34,39). The zero-order valence-electron chi connectivity index (χ0n) is 22.8. The van der Waals surface area contributed by atoms with Crippen molar-refractivity contribution in [1.82, 2.24) is 5.32 Å². The van der Waals surface area contributed by atoms with Crippen molar-refractivity contribution in [3.05, 3.63) is 83.8 Å². The predicted octanol–water partition coefficient (Wildman–Crippen LogP) is 4.83. The fraction of sp³-hybridized carbons (Fsp3) is 0.438. The molecule has 1 aromatic rings. The maximum Gasteiger partial charge on any atom is 0.230 e. The maximum absolute atomic E-state index is 13.6. The van der Waals surface area contributed by atoms with E-state index < -0.39 is 12.0 Å². The maximum atomic E-state index is 13.6. The van der Waals surface area contributed by atoms with Crippen molar-refractivity contribution in [2.24, 2.45) is 21.8 Å². The molecule has 4 rings (SSSR count). The van der Waals surface area contributed by atoms with Gasteiger partial charge in [-0.05, 0) is 67.9 Å². The molecule has 0 radical (unpaired) electrons. The molecule has 8 heteroatoms. The molecule has 2 aliphatic carbocycles. The van der Waals surface area contributed by atoms with E-state index in [2.05, 4.69) is 17.5 Å². The number of nitrogens with one attached hydrogen (secondary N) is 1. The number of hydrogen-bond acceptors (Lipinski definition) is 5. The summed E-state index contributed by atoms with van der Waals surface area (Å²) in [6.07, 6.45) is 18.0. The molecule has 0 spiro atoms. The molecule has 0 saturated heterocycles. The molecular weight excluding hydrogens is 509 g/mol. The highest BCUT2D eigenvalue weighted by Crippen LogP contribution is 2.28. The molecule has 3 unspecified atom stereocenters. The molecule has 0 aromatic heterocycles. The van der Waals surface area contributed by atoms with Gasteiger partial charge in [0.25, 0.3) is 0 Å². The highest BCUT2D eigenvalue weighted by Gasteiger charge is 2.33. The van der Waals surface area contributed by atoms with Crippen LogP contribution in [0.2, 0.25) is 0 Å². The summed E-state index contributed by atoms with van der Waals surface area (Å²) in [5, 5.41) is 12.1. The lowest BCUT2D eigenvalue weighted by atomic mass is 9.91. The minimum atomic E-state index is -0.580. The van der Waals surface area contributed by atoms with E-state index in [0.717, 1.165) is 24.0 Å².